The van der Waals surface area contributed by atoms with Crippen LogP contribution in [0.2, 0.25) is 0 Å². The van der Waals surface area contributed by atoms with Crippen LogP contribution in [0.5, 0.6) is 5.75 Å². The lowest BCUT2D eigenvalue weighted by Gasteiger charge is -2.57. The fourth-order valence-corrected chi connectivity index (χ4v) is 5.74. The van der Waals surface area contributed by atoms with Gasteiger partial charge < -0.3 is 14.8 Å². The number of hydrogen-bond donors (Lipinski definition) is 2. The second-order valence-corrected chi connectivity index (χ2v) is 7.53. The van der Waals surface area contributed by atoms with E-state index in [4.69, 9.17) is 4.74 Å². The second-order valence-electron chi connectivity index (χ2n) is 7.53. The molecule has 4 aliphatic carbocycles. The first kappa shape index (κ1) is 13.7. The largest absolute Gasteiger partial charge is 0.496 e. The van der Waals surface area contributed by atoms with Crippen LogP contribution in [-0.4, -0.2) is 24.3 Å². The van der Waals surface area contributed by atoms with Crippen molar-refractivity contribution in [3.05, 3.63) is 23.8 Å². The quantitative estimate of drug-likeness (QED) is 0.834. The Morgan fingerprint density at radius 1 is 1.05 bits per heavy atom. The SMILES string of the molecule is COc1ccc(B(O)O)cc1C12CC3CC(CC(C3)C1)C2. The van der Waals surface area contributed by atoms with E-state index in [2.05, 4.69) is 0 Å². The minimum atomic E-state index is -1.40. The normalized spacial score (nSPS) is 36.8. The van der Waals surface area contributed by atoms with Gasteiger partial charge in [-0.25, -0.2) is 0 Å². The summed E-state index contributed by atoms with van der Waals surface area (Å²) in [5, 5.41) is 19.0. The first-order valence-corrected chi connectivity index (χ1v) is 8.14. The molecule has 5 rings (SSSR count). The third-order valence-electron chi connectivity index (χ3n) is 6.13. The topological polar surface area (TPSA) is 49.7 Å². The van der Waals surface area contributed by atoms with Crippen LogP contribution in [-0.2, 0) is 5.41 Å². The molecule has 4 heteroatoms. The molecule has 1 aromatic carbocycles. The van der Waals surface area contributed by atoms with E-state index in [9.17, 15) is 10.0 Å². The van der Waals surface area contributed by atoms with E-state index in [1.54, 1.807) is 13.2 Å². The van der Waals surface area contributed by atoms with Crippen LogP contribution < -0.4 is 10.2 Å². The van der Waals surface area contributed by atoms with Crippen LogP contribution in [0.1, 0.15) is 44.1 Å². The van der Waals surface area contributed by atoms with Gasteiger partial charge in [0.1, 0.15) is 5.75 Å². The molecular formula is C17H23BO3. The summed E-state index contributed by atoms with van der Waals surface area (Å²) < 4.78 is 5.61. The highest BCUT2D eigenvalue weighted by Crippen LogP contribution is 2.61. The summed E-state index contributed by atoms with van der Waals surface area (Å²) in [4.78, 5) is 0. The lowest BCUT2D eigenvalue weighted by atomic mass is 9.47. The zero-order valence-corrected chi connectivity index (χ0v) is 12.6. The predicted molar refractivity (Wildman–Crippen MR) is 82.7 cm³/mol. The lowest BCUT2D eigenvalue weighted by Crippen LogP contribution is -2.49. The molecule has 0 heterocycles. The second kappa shape index (κ2) is 4.75. The Bertz CT molecular complexity index is 520. The van der Waals surface area contributed by atoms with E-state index in [1.165, 1.54) is 44.1 Å². The van der Waals surface area contributed by atoms with Crippen LogP contribution in [0.4, 0.5) is 0 Å². The monoisotopic (exact) mass is 286 g/mol. The van der Waals surface area contributed by atoms with Crippen molar-refractivity contribution < 1.29 is 14.8 Å². The zero-order valence-electron chi connectivity index (χ0n) is 12.6. The van der Waals surface area contributed by atoms with E-state index in [1.807, 2.05) is 12.1 Å². The van der Waals surface area contributed by atoms with Gasteiger partial charge in [-0.3, -0.25) is 0 Å². The first-order valence-electron chi connectivity index (χ1n) is 8.14. The number of rotatable bonds is 3. The number of benzene rings is 1. The smallest absolute Gasteiger partial charge is 0.488 e. The molecule has 0 aliphatic heterocycles. The van der Waals surface area contributed by atoms with E-state index < -0.39 is 7.12 Å². The molecule has 4 bridgehead atoms. The van der Waals surface area contributed by atoms with Gasteiger partial charge in [0.15, 0.2) is 0 Å². The third-order valence-corrected chi connectivity index (χ3v) is 6.13. The van der Waals surface area contributed by atoms with Gasteiger partial charge in [0.25, 0.3) is 0 Å². The molecule has 4 saturated carbocycles. The molecule has 0 radical (unpaired) electrons. The van der Waals surface area contributed by atoms with Crippen LogP contribution in [0, 0.1) is 17.8 Å². The maximum Gasteiger partial charge on any atom is 0.488 e. The van der Waals surface area contributed by atoms with Gasteiger partial charge in [-0.15, -0.1) is 0 Å². The van der Waals surface area contributed by atoms with Gasteiger partial charge in [-0.1, -0.05) is 12.1 Å². The highest BCUT2D eigenvalue weighted by atomic mass is 16.5. The molecule has 4 aliphatic rings. The van der Waals surface area contributed by atoms with Gasteiger partial charge in [0, 0.05) is 0 Å². The highest BCUT2D eigenvalue weighted by molar-refractivity contribution is 6.58. The number of ether oxygens (including phenoxy) is 1. The average molecular weight is 286 g/mol. The van der Waals surface area contributed by atoms with Crippen molar-refractivity contribution in [2.75, 3.05) is 7.11 Å². The highest BCUT2D eigenvalue weighted by Gasteiger charge is 2.52. The standard InChI is InChI=1S/C17H23BO3/c1-21-16-3-2-14(18(19)20)7-15(16)17-8-11-4-12(9-17)6-13(5-11)10-17/h2-3,7,11-13,19-20H,4-6,8-10H2,1H3. The molecule has 3 nitrogen and oxygen atoms in total. The number of hydrogen-bond acceptors (Lipinski definition) is 3. The summed E-state index contributed by atoms with van der Waals surface area (Å²) in [6.07, 6.45) is 7.97. The molecule has 112 valence electrons. The van der Waals surface area contributed by atoms with E-state index in [0.29, 0.717) is 5.46 Å². The molecule has 1 aromatic rings. The molecule has 4 fully saturated rings. The average Bonchev–Trinajstić information content (AvgIpc) is 2.45. The van der Waals surface area contributed by atoms with Crippen LogP contribution in [0.3, 0.4) is 0 Å². The predicted octanol–water partition coefficient (Wildman–Crippen LogP) is 1.84. The summed E-state index contributed by atoms with van der Waals surface area (Å²) in [6.45, 7) is 0. The third kappa shape index (κ3) is 2.11. The van der Waals surface area contributed by atoms with Crippen LogP contribution >= 0.6 is 0 Å². The van der Waals surface area contributed by atoms with Gasteiger partial charge in [-0.2, -0.15) is 0 Å². The molecule has 0 spiro atoms. The van der Waals surface area contributed by atoms with E-state index in [-0.39, 0.29) is 5.41 Å². The fourth-order valence-electron chi connectivity index (χ4n) is 5.74. The number of methoxy groups -OCH3 is 1. The van der Waals surface area contributed by atoms with Gasteiger partial charge in [-0.05, 0) is 78.8 Å². The lowest BCUT2D eigenvalue weighted by molar-refractivity contribution is -0.00612. The Morgan fingerprint density at radius 2 is 1.62 bits per heavy atom. The van der Waals surface area contributed by atoms with Gasteiger partial charge >= 0.3 is 7.12 Å². The van der Waals surface area contributed by atoms with Crippen molar-refractivity contribution in [1.82, 2.24) is 0 Å². The molecular weight excluding hydrogens is 263 g/mol. The summed E-state index contributed by atoms with van der Waals surface area (Å²) in [6, 6.07) is 5.65. The Balaban J connectivity index is 1.79. The van der Waals surface area contributed by atoms with Crippen molar-refractivity contribution in [2.45, 2.75) is 43.9 Å². The molecule has 21 heavy (non-hydrogen) atoms. The van der Waals surface area contributed by atoms with E-state index >= 15 is 0 Å². The van der Waals surface area contributed by atoms with Gasteiger partial charge in [0.05, 0.1) is 7.11 Å². The molecule has 0 atom stereocenters. The summed E-state index contributed by atoms with van der Waals surface area (Å²) in [7, 11) is 0.317. The van der Waals surface area contributed by atoms with Crippen molar-refractivity contribution >= 4 is 12.6 Å². The van der Waals surface area contributed by atoms with E-state index in [0.717, 1.165) is 23.5 Å². The Hall–Kier alpha value is -0.995. The molecule has 0 saturated heterocycles. The maximum atomic E-state index is 9.51. The van der Waals surface area contributed by atoms with Gasteiger partial charge in [0.2, 0.25) is 0 Å². The summed E-state index contributed by atoms with van der Waals surface area (Å²) in [5.74, 6) is 3.51. The summed E-state index contributed by atoms with van der Waals surface area (Å²) in [5.41, 5.74) is 2.02. The minimum Gasteiger partial charge on any atom is -0.496 e. The molecule has 2 N–H and O–H groups in total. The minimum absolute atomic E-state index is 0.213. The Morgan fingerprint density at radius 3 is 2.10 bits per heavy atom. The van der Waals surface area contributed by atoms with Crippen LogP contribution in [0.25, 0.3) is 0 Å². The van der Waals surface area contributed by atoms with Crippen LogP contribution in [0.15, 0.2) is 18.2 Å². The fraction of sp³-hybridized carbons (Fsp3) is 0.647. The van der Waals surface area contributed by atoms with Crippen molar-refractivity contribution in [2.24, 2.45) is 17.8 Å². The van der Waals surface area contributed by atoms with Crippen molar-refractivity contribution in [3.8, 4) is 5.75 Å². The Kier molecular flexibility index (Phi) is 3.09. The first-order chi connectivity index (χ1) is 10.1. The Labute approximate surface area is 126 Å². The maximum absolute atomic E-state index is 9.51. The van der Waals surface area contributed by atoms with Crippen molar-refractivity contribution in [3.63, 3.8) is 0 Å². The molecule has 0 aromatic heterocycles. The molecule has 0 unspecified atom stereocenters. The van der Waals surface area contributed by atoms with Crippen molar-refractivity contribution in [1.29, 1.82) is 0 Å². The molecule has 0 amide bonds. The zero-order chi connectivity index (χ0) is 14.6. The summed E-state index contributed by atoms with van der Waals surface area (Å²) >= 11 is 0.